The highest BCUT2D eigenvalue weighted by atomic mass is 16.5. The predicted molar refractivity (Wildman–Crippen MR) is 127 cm³/mol. The third-order valence-corrected chi connectivity index (χ3v) is 5.53. The Morgan fingerprint density at radius 1 is 0.406 bits per heavy atom. The second-order valence-corrected chi connectivity index (χ2v) is 7.60. The van der Waals surface area contributed by atoms with Gasteiger partial charge in [-0.15, -0.1) is 0 Å². The van der Waals surface area contributed by atoms with Gasteiger partial charge in [0.25, 0.3) is 0 Å². The molecule has 0 N–H and O–H groups in total. The van der Waals surface area contributed by atoms with Gasteiger partial charge in [-0.05, 0) is 84.3 Å². The molecule has 0 aliphatic rings. The SMILES string of the molecule is COc1cc(CCc2cc(OC)cc(OC)c2)cc(CCc2ccc(OC)c(OC)c2)c1. The van der Waals surface area contributed by atoms with E-state index in [0.717, 1.165) is 54.4 Å². The lowest BCUT2D eigenvalue weighted by molar-refractivity contribution is 0.354. The van der Waals surface area contributed by atoms with E-state index in [4.69, 9.17) is 23.7 Å². The number of aryl methyl sites for hydroxylation is 4. The fourth-order valence-electron chi connectivity index (χ4n) is 3.76. The summed E-state index contributed by atoms with van der Waals surface area (Å²) in [7, 11) is 8.37. The minimum absolute atomic E-state index is 0.745. The van der Waals surface area contributed by atoms with Crippen molar-refractivity contribution in [3.63, 3.8) is 0 Å². The molecule has 0 atom stereocenters. The van der Waals surface area contributed by atoms with E-state index in [-0.39, 0.29) is 0 Å². The van der Waals surface area contributed by atoms with Gasteiger partial charge in [-0.3, -0.25) is 0 Å². The van der Waals surface area contributed by atoms with Gasteiger partial charge in [-0.1, -0.05) is 12.1 Å². The first-order chi connectivity index (χ1) is 15.6. The summed E-state index contributed by atoms with van der Waals surface area (Å²) in [6.07, 6.45) is 3.60. The lowest BCUT2D eigenvalue weighted by atomic mass is 9.98. The lowest BCUT2D eigenvalue weighted by Crippen LogP contribution is -1.99. The molecule has 170 valence electrons. The first-order valence-electron chi connectivity index (χ1n) is 10.7. The molecule has 0 heterocycles. The summed E-state index contributed by atoms with van der Waals surface area (Å²) in [6, 6.07) is 18.6. The summed E-state index contributed by atoms with van der Waals surface area (Å²) in [4.78, 5) is 0. The van der Waals surface area contributed by atoms with Gasteiger partial charge >= 0.3 is 0 Å². The summed E-state index contributed by atoms with van der Waals surface area (Å²) in [5.41, 5.74) is 4.87. The summed E-state index contributed by atoms with van der Waals surface area (Å²) >= 11 is 0. The molecule has 3 aromatic rings. The van der Waals surface area contributed by atoms with Crippen LogP contribution in [0, 0.1) is 0 Å². The van der Waals surface area contributed by atoms with Gasteiger partial charge in [0.1, 0.15) is 17.2 Å². The Labute approximate surface area is 190 Å². The Balaban J connectivity index is 1.72. The number of methoxy groups -OCH3 is 5. The molecule has 0 radical (unpaired) electrons. The molecule has 0 bridgehead atoms. The van der Waals surface area contributed by atoms with Gasteiger partial charge in [0, 0.05) is 6.07 Å². The molecular formula is C27H32O5. The summed E-state index contributed by atoms with van der Waals surface area (Å²) in [5, 5.41) is 0. The average molecular weight is 437 g/mol. The van der Waals surface area contributed by atoms with Crippen LogP contribution < -0.4 is 23.7 Å². The van der Waals surface area contributed by atoms with Gasteiger partial charge in [0.2, 0.25) is 0 Å². The molecule has 0 aromatic heterocycles. The van der Waals surface area contributed by atoms with Crippen molar-refractivity contribution in [2.75, 3.05) is 35.5 Å². The minimum atomic E-state index is 0.745. The molecule has 0 unspecified atom stereocenters. The third kappa shape index (κ3) is 6.10. The van der Waals surface area contributed by atoms with Crippen LogP contribution in [-0.2, 0) is 25.7 Å². The number of hydrogen-bond donors (Lipinski definition) is 0. The van der Waals surface area contributed by atoms with Crippen molar-refractivity contribution in [2.24, 2.45) is 0 Å². The summed E-state index contributed by atoms with van der Waals surface area (Å²) in [5.74, 6) is 3.99. The van der Waals surface area contributed by atoms with Crippen molar-refractivity contribution in [1.29, 1.82) is 0 Å². The first-order valence-corrected chi connectivity index (χ1v) is 10.7. The van der Waals surface area contributed by atoms with Crippen LogP contribution in [-0.4, -0.2) is 35.5 Å². The van der Waals surface area contributed by atoms with Gasteiger partial charge in [-0.25, -0.2) is 0 Å². The normalized spacial score (nSPS) is 10.5. The van der Waals surface area contributed by atoms with Gasteiger partial charge in [0.15, 0.2) is 11.5 Å². The molecule has 0 fully saturated rings. The van der Waals surface area contributed by atoms with Crippen molar-refractivity contribution < 1.29 is 23.7 Å². The Morgan fingerprint density at radius 2 is 0.844 bits per heavy atom. The van der Waals surface area contributed by atoms with Crippen LogP contribution >= 0.6 is 0 Å². The maximum Gasteiger partial charge on any atom is 0.160 e. The molecule has 3 rings (SSSR count). The first kappa shape index (κ1) is 23.3. The van der Waals surface area contributed by atoms with Crippen molar-refractivity contribution in [3.8, 4) is 28.7 Å². The van der Waals surface area contributed by atoms with Gasteiger partial charge in [-0.2, -0.15) is 0 Å². The van der Waals surface area contributed by atoms with Crippen LogP contribution in [0.2, 0.25) is 0 Å². The fourth-order valence-corrected chi connectivity index (χ4v) is 3.76. The maximum absolute atomic E-state index is 5.56. The zero-order valence-electron chi connectivity index (χ0n) is 19.6. The molecule has 5 nitrogen and oxygen atoms in total. The van der Waals surface area contributed by atoms with E-state index in [1.807, 2.05) is 18.2 Å². The predicted octanol–water partition coefficient (Wildman–Crippen LogP) is 5.30. The highest BCUT2D eigenvalue weighted by molar-refractivity contribution is 5.44. The Kier molecular flexibility index (Phi) is 8.26. The minimum Gasteiger partial charge on any atom is -0.497 e. The van der Waals surface area contributed by atoms with E-state index in [1.165, 1.54) is 22.3 Å². The number of hydrogen-bond acceptors (Lipinski definition) is 5. The lowest BCUT2D eigenvalue weighted by Gasteiger charge is -2.12. The molecule has 0 aliphatic carbocycles. The van der Waals surface area contributed by atoms with E-state index in [0.29, 0.717) is 0 Å². The van der Waals surface area contributed by atoms with Crippen LogP contribution in [0.15, 0.2) is 54.6 Å². The maximum atomic E-state index is 5.56. The second kappa shape index (κ2) is 11.3. The molecule has 0 saturated carbocycles. The van der Waals surface area contributed by atoms with Gasteiger partial charge < -0.3 is 23.7 Å². The zero-order chi connectivity index (χ0) is 22.9. The molecule has 5 heteroatoms. The molecule has 32 heavy (non-hydrogen) atoms. The molecule has 0 aliphatic heterocycles. The van der Waals surface area contributed by atoms with Crippen LogP contribution in [0.25, 0.3) is 0 Å². The van der Waals surface area contributed by atoms with Crippen molar-refractivity contribution in [2.45, 2.75) is 25.7 Å². The molecular weight excluding hydrogens is 404 g/mol. The van der Waals surface area contributed by atoms with E-state index in [1.54, 1.807) is 35.5 Å². The standard InChI is InChI=1S/C27H32O5/c1-28-23-13-20(7-6-19-10-11-26(31-4)27(17-19)32-5)12-21(14-23)8-9-22-15-24(29-2)18-25(16-22)30-3/h10-18H,6-9H2,1-5H3. The number of benzene rings is 3. The summed E-state index contributed by atoms with van der Waals surface area (Å²) < 4.78 is 27.1. The molecule has 0 saturated heterocycles. The van der Waals surface area contributed by atoms with Crippen LogP contribution in [0.1, 0.15) is 22.3 Å². The topological polar surface area (TPSA) is 46.2 Å². The second-order valence-electron chi connectivity index (χ2n) is 7.60. The Morgan fingerprint density at radius 3 is 1.31 bits per heavy atom. The van der Waals surface area contributed by atoms with Crippen LogP contribution in [0.4, 0.5) is 0 Å². The van der Waals surface area contributed by atoms with E-state index >= 15 is 0 Å². The highest BCUT2D eigenvalue weighted by Gasteiger charge is 2.08. The Bertz CT molecular complexity index is 1010. The monoisotopic (exact) mass is 436 g/mol. The largest absolute Gasteiger partial charge is 0.497 e. The highest BCUT2D eigenvalue weighted by Crippen LogP contribution is 2.29. The van der Waals surface area contributed by atoms with Crippen LogP contribution in [0.5, 0.6) is 28.7 Å². The number of ether oxygens (including phenoxy) is 5. The quantitative estimate of drug-likeness (QED) is 0.408. The third-order valence-electron chi connectivity index (χ3n) is 5.53. The van der Waals surface area contributed by atoms with E-state index in [9.17, 15) is 0 Å². The van der Waals surface area contributed by atoms with Crippen molar-refractivity contribution in [1.82, 2.24) is 0 Å². The van der Waals surface area contributed by atoms with Crippen molar-refractivity contribution in [3.05, 3.63) is 76.9 Å². The molecule has 0 amide bonds. The van der Waals surface area contributed by atoms with E-state index in [2.05, 4.69) is 36.4 Å². The zero-order valence-corrected chi connectivity index (χ0v) is 19.6. The molecule has 3 aromatic carbocycles. The van der Waals surface area contributed by atoms with Crippen molar-refractivity contribution >= 4 is 0 Å². The van der Waals surface area contributed by atoms with E-state index < -0.39 is 0 Å². The number of rotatable bonds is 11. The average Bonchev–Trinajstić information content (AvgIpc) is 2.85. The molecule has 0 spiro atoms. The smallest absolute Gasteiger partial charge is 0.160 e. The Hall–Kier alpha value is -3.34. The fraction of sp³-hybridized carbons (Fsp3) is 0.333. The summed E-state index contributed by atoms with van der Waals surface area (Å²) in [6.45, 7) is 0. The van der Waals surface area contributed by atoms with Gasteiger partial charge in [0.05, 0.1) is 35.5 Å². The van der Waals surface area contributed by atoms with Crippen LogP contribution in [0.3, 0.4) is 0 Å².